The first-order valence-corrected chi connectivity index (χ1v) is 6.57. The van der Waals surface area contributed by atoms with Crippen molar-refractivity contribution >= 4 is 28.9 Å². The van der Waals surface area contributed by atoms with Gasteiger partial charge in [-0.1, -0.05) is 0 Å². The molecule has 6 heteroatoms. The van der Waals surface area contributed by atoms with Crippen molar-refractivity contribution in [2.24, 2.45) is 0 Å². The minimum absolute atomic E-state index is 0.00839. The minimum Gasteiger partial charge on any atom is -0.478 e. The normalized spacial score (nSPS) is 13.7. The summed E-state index contributed by atoms with van der Waals surface area (Å²) in [5.74, 6) is -0.984. The lowest BCUT2D eigenvalue weighted by Gasteiger charge is -2.16. The zero-order valence-electron chi connectivity index (χ0n) is 9.87. The van der Waals surface area contributed by atoms with Crippen LogP contribution < -0.4 is 4.90 Å². The number of aromatic nitrogens is 1. The zero-order chi connectivity index (χ0) is 13.4. The summed E-state index contributed by atoms with van der Waals surface area (Å²) in [6.45, 7) is 0.489. The summed E-state index contributed by atoms with van der Waals surface area (Å²) in [6.07, 6.45) is 2.00. The molecule has 1 aromatic heterocycles. The molecule has 2 heterocycles. The largest absolute Gasteiger partial charge is 0.478 e. The van der Waals surface area contributed by atoms with E-state index in [9.17, 15) is 9.59 Å². The van der Waals surface area contributed by atoms with Crippen molar-refractivity contribution in [3.05, 3.63) is 45.9 Å². The molecule has 1 N–H and O–H groups in total. The maximum atomic E-state index is 12.0. The van der Waals surface area contributed by atoms with Crippen molar-refractivity contribution in [1.29, 1.82) is 0 Å². The van der Waals surface area contributed by atoms with Crippen LogP contribution in [0.3, 0.4) is 0 Å². The number of amides is 1. The van der Waals surface area contributed by atoms with Gasteiger partial charge in [-0.2, -0.15) is 0 Å². The zero-order valence-corrected chi connectivity index (χ0v) is 10.7. The Bertz CT molecular complexity index is 652. The standard InChI is InChI=1S/C13H10N2O3S/c16-12-4-9-3-8(13(17)18)1-2-11(9)15(12)6-10-5-14-7-19-10/h1-3,5,7H,4,6H2,(H,17,18). The number of rotatable bonds is 3. The molecule has 19 heavy (non-hydrogen) atoms. The summed E-state index contributed by atoms with van der Waals surface area (Å²) in [6, 6.07) is 4.80. The molecule has 3 rings (SSSR count). The Hall–Kier alpha value is -2.21. The van der Waals surface area contributed by atoms with Crippen molar-refractivity contribution in [1.82, 2.24) is 4.98 Å². The summed E-state index contributed by atoms with van der Waals surface area (Å²) in [5.41, 5.74) is 3.51. The van der Waals surface area contributed by atoms with E-state index in [2.05, 4.69) is 4.98 Å². The Morgan fingerprint density at radius 3 is 3.00 bits per heavy atom. The lowest BCUT2D eigenvalue weighted by Crippen LogP contribution is -2.25. The highest BCUT2D eigenvalue weighted by Crippen LogP contribution is 2.31. The van der Waals surface area contributed by atoms with Crippen LogP contribution in [0.4, 0.5) is 5.69 Å². The molecule has 1 aromatic carbocycles. The van der Waals surface area contributed by atoms with Gasteiger partial charge in [-0.05, 0) is 23.8 Å². The van der Waals surface area contributed by atoms with Crippen LogP contribution in [0.5, 0.6) is 0 Å². The van der Waals surface area contributed by atoms with E-state index in [0.29, 0.717) is 6.54 Å². The van der Waals surface area contributed by atoms with Crippen LogP contribution in [0.15, 0.2) is 29.9 Å². The van der Waals surface area contributed by atoms with Crippen molar-refractivity contribution in [2.75, 3.05) is 4.90 Å². The number of carbonyl (C=O) groups is 2. The van der Waals surface area contributed by atoms with Crippen LogP contribution in [-0.4, -0.2) is 22.0 Å². The highest BCUT2D eigenvalue weighted by atomic mass is 32.1. The second-order valence-corrected chi connectivity index (χ2v) is 5.24. The molecule has 5 nitrogen and oxygen atoms in total. The van der Waals surface area contributed by atoms with Gasteiger partial charge >= 0.3 is 5.97 Å². The number of carboxylic acids is 1. The molecule has 0 fully saturated rings. The molecule has 0 radical (unpaired) electrons. The number of carbonyl (C=O) groups excluding carboxylic acids is 1. The molecular weight excluding hydrogens is 264 g/mol. The van der Waals surface area contributed by atoms with E-state index in [-0.39, 0.29) is 17.9 Å². The van der Waals surface area contributed by atoms with Crippen LogP contribution >= 0.6 is 11.3 Å². The molecule has 0 saturated heterocycles. The van der Waals surface area contributed by atoms with E-state index in [0.717, 1.165) is 16.1 Å². The molecule has 0 bridgehead atoms. The van der Waals surface area contributed by atoms with E-state index in [1.807, 2.05) is 0 Å². The lowest BCUT2D eigenvalue weighted by molar-refractivity contribution is -0.117. The lowest BCUT2D eigenvalue weighted by atomic mass is 10.1. The van der Waals surface area contributed by atoms with Crippen molar-refractivity contribution in [3.63, 3.8) is 0 Å². The Morgan fingerprint density at radius 1 is 1.47 bits per heavy atom. The molecule has 0 aliphatic carbocycles. The van der Waals surface area contributed by atoms with Crippen molar-refractivity contribution in [3.8, 4) is 0 Å². The quantitative estimate of drug-likeness (QED) is 0.928. The number of hydrogen-bond donors (Lipinski definition) is 1. The predicted octanol–water partition coefficient (Wildman–Crippen LogP) is 1.93. The van der Waals surface area contributed by atoms with Crippen LogP contribution in [0, 0.1) is 0 Å². The Morgan fingerprint density at radius 2 is 2.32 bits per heavy atom. The summed E-state index contributed by atoms with van der Waals surface area (Å²) in [7, 11) is 0. The number of hydrogen-bond acceptors (Lipinski definition) is 4. The number of aromatic carboxylic acids is 1. The summed E-state index contributed by atoms with van der Waals surface area (Å²) in [4.78, 5) is 29.6. The van der Waals surface area contributed by atoms with Gasteiger partial charge in [-0.3, -0.25) is 9.78 Å². The second kappa shape index (κ2) is 4.47. The SMILES string of the molecule is O=C(O)c1ccc2c(c1)CC(=O)N2Cc1cncs1. The monoisotopic (exact) mass is 274 g/mol. The number of thiazole rings is 1. The fourth-order valence-electron chi connectivity index (χ4n) is 2.17. The maximum absolute atomic E-state index is 12.0. The molecule has 1 aliphatic rings. The van der Waals surface area contributed by atoms with E-state index in [1.165, 1.54) is 17.4 Å². The molecule has 1 aliphatic heterocycles. The van der Waals surface area contributed by atoms with Gasteiger partial charge in [-0.15, -0.1) is 11.3 Å². The Kier molecular flexibility index (Phi) is 2.79. The van der Waals surface area contributed by atoms with E-state index in [1.54, 1.807) is 28.7 Å². The molecular formula is C13H10N2O3S. The molecule has 0 unspecified atom stereocenters. The first-order valence-electron chi connectivity index (χ1n) is 5.69. The van der Waals surface area contributed by atoms with Crippen LogP contribution in [-0.2, 0) is 17.8 Å². The average molecular weight is 274 g/mol. The first kappa shape index (κ1) is 11.9. The Balaban J connectivity index is 1.94. The van der Waals surface area contributed by atoms with Crippen molar-refractivity contribution < 1.29 is 14.7 Å². The smallest absolute Gasteiger partial charge is 0.335 e. The highest BCUT2D eigenvalue weighted by Gasteiger charge is 2.28. The fourth-order valence-corrected chi connectivity index (χ4v) is 2.75. The number of benzene rings is 1. The summed E-state index contributed by atoms with van der Waals surface area (Å²) in [5, 5.41) is 8.95. The van der Waals surface area contributed by atoms with Crippen molar-refractivity contribution in [2.45, 2.75) is 13.0 Å². The fraction of sp³-hybridized carbons (Fsp3) is 0.154. The van der Waals surface area contributed by atoms with Gasteiger partial charge in [-0.25, -0.2) is 4.79 Å². The third kappa shape index (κ3) is 2.10. The Labute approximate surface area is 113 Å². The molecule has 1 amide bonds. The van der Waals surface area contributed by atoms with E-state index in [4.69, 9.17) is 5.11 Å². The molecule has 2 aromatic rings. The minimum atomic E-state index is -0.976. The third-order valence-electron chi connectivity index (χ3n) is 3.06. The van der Waals surface area contributed by atoms with Gasteiger partial charge in [0.1, 0.15) is 0 Å². The highest BCUT2D eigenvalue weighted by molar-refractivity contribution is 7.09. The van der Waals surface area contributed by atoms with Gasteiger partial charge in [0.2, 0.25) is 5.91 Å². The summed E-state index contributed by atoms with van der Waals surface area (Å²) >= 11 is 1.50. The topological polar surface area (TPSA) is 70.5 Å². The van der Waals surface area contributed by atoms with Gasteiger partial charge in [0.25, 0.3) is 0 Å². The maximum Gasteiger partial charge on any atom is 0.335 e. The van der Waals surface area contributed by atoms with Gasteiger partial charge < -0.3 is 10.0 Å². The first-order chi connectivity index (χ1) is 9.15. The van der Waals surface area contributed by atoms with E-state index >= 15 is 0 Å². The van der Waals surface area contributed by atoms with Gasteiger partial charge in [0.15, 0.2) is 0 Å². The number of anilines is 1. The van der Waals surface area contributed by atoms with Gasteiger partial charge in [0.05, 0.1) is 24.0 Å². The second-order valence-electron chi connectivity index (χ2n) is 4.27. The van der Waals surface area contributed by atoms with Crippen LogP contribution in [0.2, 0.25) is 0 Å². The molecule has 0 atom stereocenters. The predicted molar refractivity (Wildman–Crippen MR) is 70.4 cm³/mol. The van der Waals surface area contributed by atoms with Crippen LogP contribution in [0.25, 0.3) is 0 Å². The number of nitrogens with zero attached hydrogens (tertiary/aromatic N) is 2. The van der Waals surface area contributed by atoms with Crippen LogP contribution in [0.1, 0.15) is 20.8 Å². The summed E-state index contributed by atoms with van der Waals surface area (Å²) < 4.78 is 0. The number of fused-ring (bicyclic) bond motifs is 1. The average Bonchev–Trinajstić information content (AvgIpc) is 2.98. The molecule has 96 valence electrons. The third-order valence-corrected chi connectivity index (χ3v) is 3.82. The molecule has 0 saturated carbocycles. The molecule has 0 spiro atoms. The van der Waals surface area contributed by atoms with E-state index < -0.39 is 5.97 Å². The van der Waals surface area contributed by atoms with Gasteiger partial charge in [0, 0.05) is 16.8 Å². The number of carboxylic acid groups (broad SMARTS) is 1.